The average Bonchev–Trinajstić information content (AvgIpc) is 1.56. The minimum atomic E-state index is -4.40. The Bertz CT molecular complexity index is 6350. The number of anilines is 4. The molecule has 2 aromatic carbocycles. The van der Waals surface area contributed by atoms with Crippen LogP contribution in [0.1, 0.15) is 129 Å². The van der Waals surface area contributed by atoms with Crippen LogP contribution in [0.5, 0.6) is 17.2 Å². The van der Waals surface area contributed by atoms with Crippen LogP contribution in [-0.4, -0.2) is 257 Å². The molecule has 5 fully saturated rings. The van der Waals surface area contributed by atoms with Crippen molar-refractivity contribution >= 4 is 153 Å². The van der Waals surface area contributed by atoms with E-state index in [0.29, 0.717) is 28.8 Å². The average molecular weight is 2440 g/mol. The topological polar surface area (TPSA) is 684 Å². The summed E-state index contributed by atoms with van der Waals surface area (Å²) in [5.74, 6) is -3.59. The standard InChI is InChI=1S/C24H30BrFN3O9P.C21H31BrFN4O11P.C20H23BrFN4O9P.C20H24BrFN3O8P/c1-14(16(3)31)13-39(35,38-18-7-5-4-6-17(18)9-8-15(2)30)36-12-19-21(32)24(25,26)22(37-19)29-11-10-20(28-34)27-23(29)33;1-11(2)36-14(28)5-7-24-17(30)16-20(3,4)10-35-39(33,38-16)34-9-12-15(29)21(22,23)18(37-12)27-8-6-13(26-32)25-19(27)31;1-10-16-13(12(7-23-10)8-32-11(2)27)4-6-36(31,35-16)33-9-14-17(28)20(21,22)18(34-14)26-5-3-15(25-30)24-19(26)29;1-12(13(2)26)11-34(30,33-14-6-4-3-5-7-14)31-10-15-17(27)20(21,22)18(32-15)25-9-8-16(24-29)23-19(25)28/h4-7,10-11,14,19,21-22,32,34H,8-9,12-13H2,1-3H3,(H,27,28,33);6,8,11-12,15-16,18,29,32H,5,7,9-10H2,1-4H3,(H,24,30)(H,25,26,31);3,5,7,14,17-18,28,30H,4,6,8-9H2,1-2H3,(H,24,25,29);3-9,12,15,17-18,27,29H,10-11H2,1-2H3,(H,23,24,28)/t14-,19-,21+,22-,24?,39?;12-,15+,16+,18-,21?,39?;14-,17+,18-,20?,36?;12-,15-,17+,18-,20?,34?/m1111/s1. The number of carbonyl (C=O) groups excluding carboxylic acids is 6. The number of nitrogens with zero attached hydrogens (tertiary/aromatic N) is 9. The number of aliphatic hydroxyl groups is 4. The SMILES string of the molecule is CC(=O)CCc1ccccc1OP(=O)(C[C@@H](C)C(C)=O)OC[C@H]1O[C@@H](n2ccc(NO)nc2=O)C(F)(Br)[C@H]1O.CC(=O)OCc1cnc(C)c2c1CCP(=O)(OC[C@H]1O[C@@H](n3ccc(NO)nc3=O)C(F)(Br)[C@H]1O)O2.CC(=O)[C@H](C)CP(=O)(OC[C@H]1O[C@@H](n2ccc(NO)nc2=O)C(F)(Br)[C@H]1O)Oc1ccccc1.CC(C)OC(=O)CCNC(=O)[C@@H]1OP(=O)(OC[C@H]2O[C@@H](n3ccc(NO)nc3=O)C(F)(Br)[C@H]2O)OCC1(C)C. The lowest BCUT2D eigenvalue weighted by atomic mass is 9.87. The molecule has 5 aromatic heterocycles. The Balaban J connectivity index is 0.000000202. The molecule has 51 nitrogen and oxygen atoms in total. The summed E-state index contributed by atoms with van der Waals surface area (Å²) >= 11 is 11.0. The highest BCUT2D eigenvalue weighted by atomic mass is 79.9. The van der Waals surface area contributed by atoms with Gasteiger partial charge in [0.05, 0.1) is 69.7 Å². The van der Waals surface area contributed by atoms with Crippen molar-refractivity contribution in [2.75, 3.05) is 80.0 Å². The van der Waals surface area contributed by atoms with E-state index in [0.717, 1.165) is 49.1 Å². The van der Waals surface area contributed by atoms with E-state index in [1.165, 1.54) is 45.9 Å². The fraction of sp³-hybridized carbons (Fsp3) is 0.541. The largest absolute Gasteiger partial charge is 0.475 e. The Kier molecular flexibility index (Phi) is 41.8. The molecule has 148 heavy (non-hydrogen) atoms. The zero-order valence-electron chi connectivity index (χ0n) is 80.3. The highest BCUT2D eigenvalue weighted by Gasteiger charge is 2.63. The van der Waals surface area contributed by atoms with Crippen LogP contribution in [0.3, 0.4) is 0 Å². The maximum absolute atomic E-state index is 15.5. The van der Waals surface area contributed by atoms with Gasteiger partial charge in [0, 0.05) is 79.3 Å². The Morgan fingerprint density at radius 1 is 0.561 bits per heavy atom. The second-order valence-corrected chi connectivity index (χ2v) is 47.7. The number of phosphoric acid groups is 1. The number of esters is 2. The summed E-state index contributed by atoms with van der Waals surface area (Å²) in [4.78, 5) is 138. The first-order valence-corrected chi connectivity index (χ1v) is 54.5. The number of carbonyl (C=O) groups is 6. The number of phosphoric ester groups is 1. The first-order valence-electron chi connectivity index (χ1n) is 44.7. The Labute approximate surface area is 872 Å². The maximum Gasteiger partial charge on any atom is 0.475 e. The third-order valence-electron chi connectivity index (χ3n) is 22.8. The summed E-state index contributed by atoms with van der Waals surface area (Å²) in [6, 6.07) is 19.5. The van der Waals surface area contributed by atoms with Crippen LogP contribution in [0.15, 0.2) is 129 Å². The number of aliphatic hydroxyl groups excluding tert-OH is 4. The van der Waals surface area contributed by atoms with Crippen molar-refractivity contribution in [1.29, 1.82) is 0 Å². The molecule has 0 bridgehead atoms. The molecule has 6 aliphatic heterocycles. The summed E-state index contributed by atoms with van der Waals surface area (Å²) in [5.41, 5.74) is 4.26. The van der Waals surface area contributed by atoms with Crippen molar-refractivity contribution in [2.24, 2.45) is 17.3 Å². The predicted octanol–water partition coefficient (Wildman–Crippen LogP) is 9.64. The monoisotopic (exact) mass is 2430 g/mol. The van der Waals surface area contributed by atoms with Crippen molar-refractivity contribution < 1.29 is 175 Å². The number of hydrogen-bond donors (Lipinski definition) is 13. The van der Waals surface area contributed by atoms with Gasteiger partial charge in [0.1, 0.15) is 84.3 Å². The molecule has 5 saturated heterocycles. The van der Waals surface area contributed by atoms with Crippen LogP contribution in [0.2, 0.25) is 0 Å². The lowest BCUT2D eigenvalue weighted by Gasteiger charge is -2.39. The maximum atomic E-state index is 15.5. The molecule has 7 aromatic rings. The van der Waals surface area contributed by atoms with E-state index in [4.69, 9.17) is 90.0 Å². The number of para-hydroxylation sites is 2. The van der Waals surface area contributed by atoms with Gasteiger partial charge in [0.15, 0.2) is 60.0 Å². The van der Waals surface area contributed by atoms with Gasteiger partial charge in [-0.2, -0.15) is 19.9 Å². The van der Waals surface area contributed by atoms with Gasteiger partial charge in [-0.3, -0.25) is 117 Å². The Hall–Kier alpha value is -9.03. The molecule has 0 spiro atoms. The van der Waals surface area contributed by atoms with E-state index in [1.807, 2.05) is 0 Å². The molecule has 1 amide bonds. The summed E-state index contributed by atoms with van der Waals surface area (Å²) < 4.78 is 190. The minimum absolute atomic E-state index is 0.0175. The molecule has 0 saturated carbocycles. The molecule has 63 heteroatoms. The third-order valence-corrected chi connectivity index (χ3v) is 33.4. The number of Topliss-reactive ketones (excluding diaryl/α,β-unsaturated/α-hetero) is 3. The van der Waals surface area contributed by atoms with Gasteiger partial charge in [0.25, 0.3) is 0 Å². The number of ketones is 3. The molecule has 13 N–H and O–H groups in total. The van der Waals surface area contributed by atoms with E-state index in [-0.39, 0.29) is 121 Å². The van der Waals surface area contributed by atoms with Gasteiger partial charge >= 0.3 is 65.3 Å². The third kappa shape index (κ3) is 30.5. The number of benzene rings is 2. The molecule has 0 radical (unpaired) electrons. The van der Waals surface area contributed by atoms with E-state index in [9.17, 15) is 86.6 Å². The van der Waals surface area contributed by atoms with E-state index in [2.05, 4.69) is 94.0 Å². The minimum Gasteiger partial charge on any atom is -0.463 e. The smallest absolute Gasteiger partial charge is 0.463 e. The van der Waals surface area contributed by atoms with Gasteiger partial charge in [-0.1, -0.05) is 64.1 Å². The van der Waals surface area contributed by atoms with E-state index >= 15 is 17.6 Å². The Morgan fingerprint density at radius 3 is 1.36 bits per heavy atom. The van der Waals surface area contributed by atoms with E-state index in [1.54, 1.807) is 131 Å². The number of rotatable bonds is 40. The number of ether oxygens (including phenoxy) is 6. The molecule has 6 aliphatic rings. The Morgan fingerprint density at radius 2 is 0.966 bits per heavy atom. The highest BCUT2D eigenvalue weighted by Crippen LogP contribution is 2.61. The van der Waals surface area contributed by atoms with Crippen LogP contribution in [-0.2, 0) is 122 Å². The molecule has 8 unspecified atom stereocenters. The normalized spacial score (nSPS) is 28.4. The van der Waals surface area contributed by atoms with Crippen molar-refractivity contribution in [3.8, 4) is 17.2 Å². The first-order chi connectivity index (χ1) is 69.3. The number of aromatic nitrogens is 9. The van der Waals surface area contributed by atoms with Crippen LogP contribution in [0.4, 0.5) is 40.8 Å². The van der Waals surface area contributed by atoms with Gasteiger partial charge in [-0.15, -0.1) is 0 Å². The summed E-state index contributed by atoms with van der Waals surface area (Å²) in [7, 11) is -16.2. The number of hydrogen-bond acceptors (Lipinski definition) is 46. The number of amides is 1. The number of nitrogens with one attached hydrogen (secondary N) is 5. The summed E-state index contributed by atoms with van der Waals surface area (Å²) in [6.07, 6.45) is -15.2. The van der Waals surface area contributed by atoms with Crippen molar-refractivity contribution in [3.63, 3.8) is 0 Å². The molecule has 11 heterocycles. The quantitative estimate of drug-likeness (QED) is 0.00558. The fourth-order valence-electron chi connectivity index (χ4n) is 14.5. The van der Waals surface area contributed by atoms with Crippen LogP contribution >= 0.6 is 94.3 Å². The van der Waals surface area contributed by atoms with E-state index < -0.39 is 213 Å². The number of fused-ring (bicyclic) bond motifs is 1. The summed E-state index contributed by atoms with van der Waals surface area (Å²) in [5, 5.41) is 80.2. The van der Waals surface area contributed by atoms with Gasteiger partial charge < -0.3 is 72.5 Å². The molecule has 23 atom stereocenters. The second kappa shape index (κ2) is 51.1. The van der Waals surface area contributed by atoms with Crippen LogP contribution in [0, 0.1) is 24.2 Å². The van der Waals surface area contributed by atoms with Crippen LogP contribution < -0.4 is 63.6 Å². The van der Waals surface area contributed by atoms with Crippen LogP contribution in [0.25, 0.3) is 0 Å². The van der Waals surface area contributed by atoms with Crippen molar-refractivity contribution in [2.45, 2.75) is 213 Å². The first kappa shape index (κ1) is 121. The zero-order valence-corrected chi connectivity index (χ0v) is 90.2. The van der Waals surface area contributed by atoms with Gasteiger partial charge in [-0.25, -0.2) is 55.0 Å². The molecular weight excluding hydrogens is 2330 g/mol. The molecular formula is C85H108Br4F4N14O37P4. The molecule has 816 valence electrons. The van der Waals surface area contributed by atoms with Crippen molar-refractivity contribution in [3.05, 3.63) is 174 Å². The molecule has 13 rings (SSSR count). The fourth-order valence-corrected chi connectivity index (χ4v) is 24.3. The number of aryl methyl sites for hydroxylation is 2. The number of halogens is 8. The lowest BCUT2D eigenvalue weighted by molar-refractivity contribution is -0.148. The molecule has 0 aliphatic carbocycles. The number of pyridine rings is 1. The van der Waals surface area contributed by atoms with Crippen molar-refractivity contribution in [1.82, 2.24) is 48.5 Å². The number of alkyl halides is 8. The predicted molar refractivity (Wildman–Crippen MR) is 520 cm³/mol. The lowest BCUT2D eigenvalue weighted by Crippen LogP contribution is -2.50. The zero-order chi connectivity index (χ0) is 109. The highest BCUT2D eigenvalue weighted by molar-refractivity contribution is 9.10. The summed E-state index contributed by atoms with van der Waals surface area (Å²) in [6.45, 7) is 14.1. The van der Waals surface area contributed by atoms with Gasteiger partial charge in [0.2, 0.25) is 24.2 Å². The second-order valence-electron chi connectivity index (χ2n) is 35.0. The van der Waals surface area contributed by atoms with Gasteiger partial charge in [-0.05, 0) is 166 Å².